The van der Waals surface area contributed by atoms with E-state index in [0.29, 0.717) is 30.0 Å². The second-order valence-electron chi connectivity index (χ2n) is 7.98. The molecule has 0 aromatic heterocycles. The molecule has 2 aromatic carbocycles. The molecular weight excluding hydrogens is 444 g/mol. The van der Waals surface area contributed by atoms with Crippen molar-refractivity contribution in [1.29, 1.82) is 0 Å². The molecule has 0 spiro atoms. The quantitative estimate of drug-likeness (QED) is 0.633. The Kier molecular flexibility index (Phi) is 7.72. The van der Waals surface area contributed by atoms with Crippen LogP contribution in [-0.2, 0) is 19.6 Å². The molecule has 2 amide bonds. The second kappa shape index (κ2) is 10.3. The van der Waals surface area contributed by atoms with E-state index in [1.54, 1.807) is 19.9 Å². The Morgan fingerprint density at radius 2 is 1.73 bits per heavy atom. The molecule has 9 nitrogen and oxygen atoms in total. The second-order valence-corrected chi connectivity index (χ2v) is 9.83. The van der Waals surface area contributed by atoms with Gasteiger partial charge in [-0.3, -0.25) is 9.59 Å². The lowest BCUT2D eigenvalue weighted by Gasteiger charge is -2.28. The molecule has 0 unspecified atom stereocenters. The fraction of sp³-hybridized carbons (Fsp3) is 0.391. The molecule has 1 saturated heterocycles. The molecule has 0 atom stereocenters. The smallest absolute Gasteiger partial charge is 0.254 e. The van der Waals surface area contributed by atoms with Crippen LogP contribution >= 0.6 is 0 Å². The Balaban J connectivity index is 1.65. The lowest BCUT2D eigenvalue weighted by Crippen LogP contribution is -2.36. The van der Waals surface area contributed by atoms with Gasteiger partial charge in [-0.1, -0.05) is 0 Å². The third kappa shape index (κ3) is 5.89. The van der Waals surface area contributed by atoms with Crippen LogP contribution in [0.4, 0.5) is 11.4 Å². The number of morpholine rings is 1. The molecule has 1 heterocycles. The molecule has 1 aliphatic heterocycles. The van der Waals surface area contributed by atoms with Gasteiger partial charge in [0.25, 0.3) is 5.91 Å². The van der Waals surface area contributed by atoms with Crippen LogP contribution in [-0.4, -0.2) is 72.1 Å². The molecule has 3 rings (SSSR count). The average Bonchev–Trinajstić information content (AvgIpc) is 2.81. The van der Waals surface area contributed by atoms with Crippen LogP contribution in [0.1, 0.15) is 21.5 Å². The van der Waals surface area contributed by atoms with Crippen molar-refractivity contribution in [2.24, 2.45) is 0 Å². The van der Waals surface area contributed by atoms with E-state index in [2.05, 4.69) is 14.9 Å². The number of hydrogen-bond acceptors (Lipinski definition) is 6. The van der Waals surface area contributed by atoms with E-state index < -0.39 is 15.9 Å². The van der Waals surface area contributed by atoms with Crippen LogP contribution in [0.3, 0.4) is 0 Å². The van der Waals surface area contributed by atoms with Crippen LogP contribution in [0, 0.1) is 13.8 Å². The Hall–Kier alpha value is -2.95. The zero-order chi connectivity index (χ0) is 24.2. The number of anilines is 2. The number of rotatable bonds is 7. The Morgan fingerprint density at radius 3 is 2.33 bits per heavy atom. The van der Waals surface area contributed by atoms with E-state index in [9.17, 15) is 18.0 Å². The summed E-state index contributed by atoms with van der Waals surface area (Å²) in [6.45, 7) is 6.31. The molecule has 2 N–H and O–H groups in total. The molecule has 33 heavy (non-hydrogen) atoms. The summed E-state index contributed by atoms with van der Waals surface area (Å²) in [4.78, 5) is 28.9. The molecule has 1 aliphatic rings. The molecule has 1 fully saturated rings. The highest BCUT2D eigenvalue weighted by molar-refractivity contribution is 7.89. The first-order valence-corrected chi connectivity index (χ1v) is 12.1. The van der Waals surface area contributed by atoms with Gasteiger partial charge < -0.3 is 19.9 Å². The van der Waals surface area contributed by atoms with Crippen molar-refractivity contribution in [3.8, 4) is 0 Å². The number of likely N-dealkylation sites (N-methyl/N-ethyl adjacent to an activating group) is 1. The predicted molar refractivity (Wildman–Crippen MR) is 127 cm³/mol. The number of ether oxygens (including phenoxy) is 1. The zero-order valence-electron chi connectivity index (χ0n) is 19.3. The van der Waals surface area contributed by atoms with E-state index in [1.807, 2.05) is 24.3 Å². The standard InChI is InChI=1S/C23H30N4O5S/c1-16-13-18(14-21(17(16)2)33(30,31)24-3)23(29)26(4)15-22(28)25-19-5-7-20(8-6-19)27-9-11-32-12-10-27/h5-8,13-14,24H,9-12,15H2,1-4H3,(H,25,28). The summed E-state index contributed by atoms with van der Waals surface area (Å²) < 4.78 is 32.3. The van der Waals surface area contributed by atoms with Gasteiger partial charge in [0.1, 0.15) is 0 Å². The van der Waals surface area contributed by atoms with E-state index >= 15 is 0 Å². The number of amides is 2. The molecule has 2 aromatic rings. The van der Waals surface area contributed by atoms with Gasteiger partial charge in [0.15, 0.2) is 0 Å². The molecule has 178 valence electrons. The summed E-state index contributed by atoms with van der Waals surface area (Å²) in [5.41, 5.74) is 3.14. The van der Waals surface area contributed by atoms with Gasteiger partial charge in [0, 0.05) is 37.1 Å². The van der Waals surface area contributed by atoms with E-state index in [1.165, 1.54) is 25.1 Å². The Labute approximate surface area is 194 Å². The minimum atomic E-state index is -3.72. The third-order valence-electron chi connectivity index (χ3n) is 5.68. The fourth-order valence-corrected chi connectivity index (χ4v) is 4.69. The number of nitrogens with zero attached hydrogens (tertiary/aromatic N) is 2. The number of hydrogen-bond donors (Lipinski definition) is 2. The SMILES string of the molecule is CNS(=O)(=O)c1cc(C(=O)N(C)CC(=O)Nc2ccc(N3CCOCC3)cc2)cc(C)c1C. The number of carbonyl (C=O) groups is 2. The van der Waals surface area contributed by atoms with E-state index in [0.717, 1.165) is 18.8 Å². The van der Waals surface area contributed by atoms with Crippen molar-refractivity contribution in [1.82, 2.24) is 9.62 Å². The number of sulfonamides is 1. The maximum atomic E-state index is 12.9. The van der Waals surface area contributed by atoms with Crippen molar-refractivity contribution in [2.45, 2.75) is 18.7 Å². The number of aryl methyl sites for hydroxylation is 1. The number of carbonyl (C=O) groups excluding carboxylic acids is 2. The van der Waals surface area contributed by atoms with Gasteiger partial charge in [-0.05, 0) is 68.4 Å². The highest BCUT2D eigenvalue weighted by Crippen LogP contribution is 2.22. The topological polar surface area (TPSA) is 108 Å². The Bertz CT molecular complexity index is 1130. The van der Waals surface area contributed by atoms with Crippen LogP contribution in [0.5, 0.6) is 0 Å². The first-order chi connectivity index (χ1) is 15.6. The normalized spacial score (nSPS) is 14.1. The summed E-state index contributed by atoms with van der Waals surface area (Å²) >= 11 is 0. The van der Waals surface area contributed by atoms with Crippen LogP contribution in [0.2, 0.25) is 0 Å². The fourth-order valence-electron chi connectivity index (χ4n) is 3.62. The van der Waals surface area contributed by atoms with Crippen LogP contribution in [0.15, 0.2) is 41.3 Å². The van der Waals surface area contributed by atoms with Crippen LogP contribution < -0.4 is 14.9 Å². The molecule has 0 aliphatic carbocycles. The summed E-state index contributed by atoms with van der Waals surface area (Å²) in [6.07, 6.45) is 0. The molecule has 0 saturated carbocycles. The van der Waals surface area contributed by atoms with Crippen molar-refractivity contribution in [3.63, 3.8) is 0 Å². The monoisotopic (exact) mass is 474 g/mol. The largest absolute Gasteiger partial charge is 0.378 e. The maximum Gasteiger partial charge on any atom is 0.254 e. The first-order valence-electron chi connectivity index (χ1n) is 10.6. The third-order valence-corrected chi connectivity index (χ3v) is 7.22. The van der Waals surface area contributed by atoms with Crippen LogP contribution in [0.25, 0.3) is 0 Å². The minimum absolute atomic E-state index is 0.0477. The maximum absolute atomic E-state index is 12.9. The van der Waals surface area contributed by atoms with Crippen molar-refractivity contribution in [3.05, 3.63) is 53.1 Å². The molecular formula is C23H30N4O5S. The van der Waals surface area contributed by atoms with Gasteiger partial charge in [-0.25, -0.2) is 13.1 Å². The van der Waals surface area contributed by atoms with Crippen molar-refractivity contribution < 1.29 is 22.7 Å². The zero-order valence-corrected chi connectivity index (χ0v) is 20.2. The summed E-state index contributed by atoms with van der Waals surface area (Å²) in [7, 11) is -0.892. The van der Waals surface area contributed by atoms with Gasteiger partial charge in [0.05, 0.1) is 24.7 Å². The average molecular weight is 475 g/mol. The lowest BCUT2D eigenvalue weighted by atomic mass is 10.1. The number of nitrogens with one attached hydrogen (secondary N) is 2. The Morgan fingerprint density at radius 1 is 1.09 bits per heavy atom. The van der Waals surface area contributed by atoms with Crippen molar-refractivity contribution in [2.75, 3.05) is 57.2 Å². The van der Waals surface area contributed by atoms with E-state index in [-0.39, 0.29) is 22.9 Å². The van der Waals surface area contributed by atoms with E-state index in [4.69, 9.17) is 4.74 Å². The van der Waals surface area contributed by atoms with Gasteiger partial charge in [-0.15, -0.1) is 0 Å². The van der Waals surface area contributed by atoms with Gasteiger partial charge in [-0.2, -0.15) is 0 Å². The molecule has 0 radical (unpaired) electrons. The van der Waals surface area contributed by atoms with Crippen molar-refractivity contribution >= 4 is 33.2 Å². The molecule has 10 heteroatoms. The number of benzene rings is 2. The highest BCUT2D eigenvalue weighted by atomic mass is 32.2. The summed E-state index contributed by atoms with van der Waals surface area (Å²) in [5.74, 6) is -0.791. The molecule has 0 bridgehead atoms. The summed E-state index contributed by atoms with van der Waals surface area (Å²) in [5, 5.41) is 2.79. The first kappa shape index (κ1) is 24.7. The summed E-state index contributed by atoms with van der Waals surface area (Å²) in [6, 6.07) is 10.5. The van der Waals surface area contributed by atoms with Gasteiger partial charge in [0.2, 0.25) is 15.9 Å². The van der Waals surface area contributed by atoms with Gasteiger partial charge >= 0.3 is 0 Å². The highest BCUT2D eigenvalue weighted by Gasteiger charge is 2.22. The minimum Gasteiger partial charge on any atom is -0.378 e. The predicted octanol–water partition coefficient (Wildman–Crippen LogP) is 1.76. The lowest BCUT2D eigenvalue weighted by molar-refractivity contribution is -0.116.